The topological polar surface area (TPSA) is 60.5 Å². The summed E-state index contributed by atoms with van der Waals surface area (Å²) in [4.78, 5) is 16.1. The number of carbonyl (C=O) groups excluding carboxylic acids is 1. The first-order chi connectivity index (χ1) is 10.1. The molecule has 0 unspecified atom stereocenters. The number of hydrogen-bond acceptors (Lipinski definition) is 4. The molecule has 1 aliphatic rings. The molecular weight excluding hydrogens is 292 g/mol. The van der Waals surface area contributed by atoms with E-state index in [4.69, 9.17) is 21.1 Å². The van der Waals surface area contributed by atoms with Crippen molar-refractivity contribution in [1.29, 1.82) is 0 Å². The van der Waals surface area contributed by atoms with Gasteiger partial charge < -0.3 is 14.8 Å². The molecule has 0 spiro atoms. The molecule has 1 N–H and O–H groups in total. The summed E-state index contributed by atoms with van der Waals surface area (Å²) in [6.45, 7) is 6.08. The zero-order valence-electron chi connectivity index (χ0n) is 12.4. The van der Waals surface area contributed by atoms with E-state index in [2.05, 4.69) is 10.3 Å². The average molecular weight is 313 g/mol. The first kappa shape index (κ1) is 16.0. The van der Waals surface area contributed by atoms with E-state index in [0.717, 1.165) is 12.8 Å². The van der Waals surface area contributed by atoms with Crippen LogP contribution >= 0.6 is 11.6 Å². The number of hydrogen-bond donors (Lipinski definition) is 1. The quantitative estimate of drug-likeness (QED) is 0.908. The van der Waals surface area contributed by atoms with Crippen LogP contribution in [0, 0.1) is 5.92 Å². The van der Waals surface area contributed by atoms with Gasteiger partial charge in [-0.25, -0.2) is 4.98 Å². The third-order valence-corrected chi connectivity index (χ3v) is 3.46. The molecule has 6 heteroatoms. The summed E-state index contributed by atoms with van der Waals surface area (Å²) in [5.41, 5.74) is 0.444. The van der Waals surface area contributed by atoms with Gasteiger partial charge in [-0.05, 0) is 12.0 Å². The Morgan fingerprint density at radius 2 is 2.24 bits per heavy atom. The van der Waals surface area contributed by atoms with E-state index in [9.17, 15) is 4.79 Å². The van der Waals surface area contributed by atoms with Crippen molar-refractivity contribution in [1.82, 2.24) is 10.3 Å². The van der Waals surface area contributed by atoms with Gasteiger partial charge in [-0.1, -0.05) is 25.4 Å². The molecule has 0 atom stereocenters. The predicted octanol–water partition coefficient (Wildman–Crippen LogP) is 2.68. The van der Waals surface area contributed by atoms with Crippen LogP contribution in [0.1, 0.15) is 37.0 Å². The van der Waals surface area contributed by atoms with Crippen molar-refractivity contribution in [2.45, 2.75) is 32.8 Å². The highest BCUT2D eigenvalue weighted by atomic mass is 35.5. The van der Waals surface area contributed by atoms with Crippen LogP contribution in [0.5, 0.6) is 5.88 Å². The van der Waals surface area contributed by atoms with E-state index in [1.807, 2.05) is 13.8 Å². The Hall–Kier alpha value is -1.33. The Balaban J connectivity index is 1.97. The van der Waals surface area contributed by atoms with E-state index in [-0.39, 0.29) is 12.0 Å². The maximum absolute atomic E-state index is 11.9. The molecule has 21 heavy (non-hydrogen) atoms. The van der Waals surface area contributed by atoms with Crippen LogP contribution in [0.2, 0.25) is 5.02 Å². The van der Waals surface area contributed by atoms with Crippen molar-refractivity contribution in [3.63, 3.8) is 0 Å². The first-order valence-corrected chi connectivity index (χ1v) is 7.62. The van der Waals surface area contributed by atoms with Crippen LogP contribution in [-0.4, -0.2) is 36.8 Å². The second-order valence-electron chi connectivity index (χ2n) is 5.54. The number of nitrogens with zero attached hydrogens (tertiary/aromatic N) is 1. The largest absolute Gasteiger partial charge is 0.473 e. The van der Waals surface area contributed by atoms with Gasteiger partial charge in [0, 0.05) is 25.6 Å². The molecule has 1 aromatic rings. The molecule has 1 amide bonds. The Kier molecular flexibility index (Phi) is 5.82. The summed E-state index contributed by atoms with van der Waals surface area (Å²) in [5.74, 6) is 0.605. The van der Waals surface area contributed by atoms with Gasteiger partial charge in [0.05, 0.1) is 18.8 Å². The third-order valence-electron chi connectivity index (χ3n) is 3.19. The lowest BCUT2D eigenvalue weighted by atomic mass is 10.1. The summed E-state index contributed by atoms with van der Waals surface area (Å²) in [7, 11) is 0. The zero-order chi connectivity index (χ0) is 15.2. The summed E-state index contributed by atoms with van der Waals surface area (Å²) >= 11 is 6.16. The molecule has 0 radical (unpaired) electrons. The van der Waals surface area contributed by atoms with Gasteiger partial charge in [0.1, 0.15) is 11.1 Å². The van der Waals surface area contributed by atoms with Gasteiger partial charge in [0.25, 0.3) is 5.91 Å². The van der Waals surface area contributed by atoms with Crippen molar-refractivity contribution >= 4 is 17.5 Å². The molecule has 0 aliphatic carbocycles. The summed E-state index contributed by atoms with van der Waals surface area (Å²) < 4.78 is 11.0. The monoisotopic (exact) mass is 312 g/mol. The van der Waals surface area contributed by atoms with Crippen molar-refractivity contribution in [2.75, 3.05) is 19.8 Å². The van der Waals surface area contributed by atoms with E-state index in [0.29, 0.717) is 42.1 Å². The first-order valence-electron chi connectivity index (χ1n) is 7.24. The fourth-order valence-corrected chi connectivity index (χ4v) is 2.20. The number of carbonyl (C=O) groups is 1. The Morgan fingerprint density at radius 3 is 2.86 bits per heavy atom. The van der Waals surface area contributed by atoms with Crippen LogP contribution in [0.4, 0.5) is 0 Å². The normalized spacial score (nSPS) is 16.0. The lowest BCUT2D eigenvalue weighted by molar-refractivity contribution is 0.0238. The van der Waals surface area contributed by atoms with E-state index in [1.54, 1.807) is 6.07 Å². The number of nitrogens with one attached hydrogen (secondary N) is 1. The van der Waals surface area contributed by atoms with Gasteiger partial charge in [-0.15, -0.1) is 0 Å². The minimum absolute atomic E-state index is 0.0735. The second-order valence-corrected chi connectivity index (χ2v) is 5.95. The van der Waals surface area contributed by atoms with Crippen molar-refractivity contribution < 1.29 is 14.3 Å². The lowest BCUT2D eigenvalue weighted by Gasteiger charge is -2.23. The Morgan fingerprint density at radius 1 is 1.52 bits per heavy atom. The number of rotatable bonds is 5. The second kappa shape index (κ2) is 7.61. The average Bonchev–Trinajstić information content (AvgIpc) is 2.48. The molecule has 1 fully saturated rings. The number of amides is 1. The van der Waals surface area contributed by atoms with Crippen LogP contribution in [-0.2, 0) is 4.74 Å². The van der Waals surface area contributed by atoms with Crippen molar-refractivity contribution in [2.24, 2.45) is 5.92 Å². The molecule has 1 aromatic heterocycles. The third kappa shape index (κ3) is 4.86. The molecule has 116 valence electrons. The molecule has 2 rings (SSSR count). The summed E-state index contributed by atoms with van der Waals surface area (Å²) in [6, 6.07) is 1.60. The molecular formula is C15H21ClN2O3. The molecule has 1 saturated heterocycles. The highest BCUT2D eigenvalue weighted by Crippen LogP contribution is 2.25. The highest BCUT2D eigenvalue weighted by Gasteiger charge is 2.18. The van der Waals surface area contributed by atoms with Crippen LogP contribution < -0.4 is 10.1 Å². The number of ether oxygens (including phenoxy) is 2. The van der Waals surface area contributed by atoms with Crippen LogP contribution in [0.3, 0.4) is 0 Å². The van der Waals surface area contributed by atoms with Gasteiger partial charge >= 0.3 is 0 Å². The molecule has 2 heterocycles. The lowest BCUT2D eigenvalue weighted by Crippen LogP contribution is -2.28. The molecule has 0 bridgehead atoms. The number of halogens is 1. The van der Waals surface area contributed by atoms with Gasteiger partial charge in [0.2, 0.25) is 5.88 Å². The van der Waals surface area contributed by atoms with Crippen LogP contribution in [0.15, 0.2) is 12.3 Å². The maximum Gasteiger partial charge on any atom is 0.252 e. The maximum atomic E-state index is 11.9. The zero-order valence-corrected chi connectivity index (χ0v) is 13.2. The molecule has 0 aromatic carbocycles. The van der Waals surface area contributed by atoms with E-state index >= 15 is 0 Å². The minimum atomic E-state index is -0.171. The van der Waals surface area contributed by atoms with E-state index < -0.39 is 0 Å². The standard InChI is InChI=1S/C15H21ClN2O3/c1-10(2)8-17-14(19)11-7-13(16)15(18-9-11)21-12-3-5-20-6-4-12/h7,9-10,12H,3-6,8H2,1-2H3,(H,17,19). The van der Waals surface area contributed by atoms with Gasteiger partial charge in [0.15, 0.2) is 0 Å². The van der Waals surface area contributed by atoms with E-state index in [1.165, 1.54) is 6.20 Å². The van der Waals surface area contributed by atoms with Crippen LogP contribution in [0.25, 0.3) is 0 Å². The van der Waals surface area contributed by atoms with Gasteiger partial charge in [-0.3, -0.25) is 4.79 Å². The van der Waals surface area contributed by atoms with Crippen molar-refractivity contribution in [3.8, 4) is 5.88 Å². The minimum Gasteiger partial charge on any atom is -0.473 e. The Labute approximate surface area is 130 Å². The number of pyridine rings is 1. The predicted molar refractivity (Wildman–Crippen MR) is 80.9 cm³/mol. The summed E-state index contributed by atoms with van der Waals surface area (Å²) in [6.07, 6.45) is 3.23. The SMILES string of the molecule is CC(C)CNC(=O)c1cnc(OC2CCOCC2)c(Cl)c1. The molecule has 0 saturated carbocycles. The van der Waals surface area contributed by atoms with Crippen molar-refractivity contribution in [3.05, 3.63) is 22.8 Å². The Bertz CT molecular complexity index is 488. The molecule has 5 nitrogen and oxygen atoms in total. The fourth-order valence-electron chi connectivity index (χ4n) is 1.99. The number of aromatic nitrogens is 1. The smallest absolute Gasteiger partial charge is 0.252 e. The summed E-state index contributed by atoms with van der Waals surface area (Å²) in [5, 5.41) is 3.19. The highest BCUT2D eigenvalue weighted by molar-refractivity contribution is 6.32. The fraction of sp³-hybridized carbons (Fsp3) is 0.600. The molecule has 1 aliphatic heterocycles. The van der Waals surface area contributed by atoms with Gasteiger partial charge in [-0.2, -0.15) is 0 Å².